The Bertz CT molecular complexity index is 961. The number of carbonyl (C=O) groups excluding carboxylic acids is 2. The number of nitrogens with two attached hydrogens (primary N) is 1. The standard InChI is InChI=1S/C18H23N6O4S/c1-29(27,28)21-17-20-9-3-11-22(17)12-5-7-13(8-6-12)24-15(16(19)25)14-4-2-10-23(14)18(24)26/h4-8,14-15H,2-3,9-11H2,1H3,(H2,19,25)(H,20,21)/t14-,15?/m1/s1. The molecule has 4 rings (SSSR count). The number of carbonyl (C=O) groups is 2. The third kappa shape index (κ3) is 3.61. The highest BCUT2D eigenvalue weighted by atomic mass is 32.2. The highest BCUT2D eigenvalue weighted by Crippen LogP contribution is 2.35. The lowest BCUT2D eigenvalue weighted by atomic mass is 10.1. The summed E-state index contributed by atoms with van der Waals surface area (Å²) in [5.41, 5.74) is 6.90. The summed E-state index contributed by atoms with van der Waals surface area (Å²) in [6.07, 6.45) is 4.57. The molecule has 3 heterocycles. The molecule has 0 bridgehead atoms. The molecule has 1 aromatic carbocycles. The number of rotatable bonds is 4. The van der Waals surface area contributed by atoms with Crippen molar-refractivity contribution in [1.82, 2.24) is 9.62 Å². The van der Waals surface area contributed by atoms with Crippen molar-refractivity contribution in [3.63, 3.8) is 0 Å². The summed E-state index contributed by atoms with van der Waals surface area (Å²) in [5.74, 6) is -0.273. The molecule has 29 heavy (non-hydrogen) atoms. The first-order chi connectivity index (χ1) is 13.8. The summed E-state index contributed by atoms with van der Waals surface area (Å²) in [5, 5.41) is 0. The number of hydrogen-bond donors (Lipinski definition) is 2. The fourth-order valence-electron chi connectivity index (χ4n) is 4.06. The largest absolute Gasteiger partial charge is 0.368 e. The van der Waals surface area contributed by atoms with E-state index < -0.39 is 22.0 Å². The number of sulfonamides is 1. The van der Waals surface area contributed by atoms with E-state index in [-0.39, 0.29) is 18.0 Å². The van der Waals surface area contributed by atoms with Gasteiger partial charge in [-0.05, 0) is 43.5 Å². The van der Waals surface area contributed by atoms with Crippen LogP contribution >= 0.6 is 0 Å². The molecule has 1 aromatic rings. The van der Waals surface area contributed by atoms with Gasteiger partial charge in [0.25, 0.3) is 0 Å². The van der Waals surface area contributed by atoms with Crippen LogP contribution in [0.1, 0.15) is 12.8 Å². The molecule has 3 aliphatic rings. The lowest BCUT2D eigenvalue weighted by Gasteiger charge is -2.30. The third-order valence-electron chi connectivity index (χ3n) is 5.26. The topological polar surface area (TPSA) is 128 Å². The molecule has 3 amide bonds. The van der Waals surface area contributed by atoms with E-state index in [1.807, 2.05) is 6.42 Å². The predicted molar refractivity (Wildman–Crippen MR) is 109 cm³/mol. The maximum absolute atomic E-state index is 12.8. The van der Waals surface area contributed by atoms with Crippen molar-refractivity contribution in [3.05, 3.63) is 30.7 Å². The molecule has 2 saturated heterocycles. The molecule has 3 N–H and O–H groups in total. The van der Waals surface area contributed by atoms with Crippen LogP contribution in [0.25, 0.3) is 0 Å². The second kappa shape index (κ2) is 7.21. The summed E-state index contributed by atoms with van der Waals surface area (Å²) in [4.78, 5) is 34.0. The first-order valence-corrected chi connectivity index (χ1v) is 11.3. The fraction of sp³-hybridized carbons (Fsp3) is 0.444. The van der Waals surface area contributed by atoms with Crippen LogP contribution < -0.4 is 20.3 Å². The van der Waals surface area contributed by atoms with Gasteiger partial charge in [-0.2, -0.15) is 0 Å². The Morgan fingerprint density at radius 2 is 1.90 bits per heavy atom. The van der Waals surface area contributed by atoms with Crippen molar-refractivity contribution >= 4 is 39.3 Å². The molecular formula is C18H23N6O4S. The smallest absolute Gasteiger partial charge is 0.325 e. The van der Waals surface area contributed by atoms with Crippen molar-refractivity contribution in [1.29, 1.82) is 0 Å². The molecule has 2 atom stereocenters. The van der Waals surface area contributed by atoms with E-state index in [4.69, 9.17) is 5.73 Å². The number of nitrogens with zero attached hydrogens (tertiary/aromatic N) is 4. The summed E-state index contributed by atoms with van der Waals surface area (Å²) >= 11 is 0. The van der Waals surface area contributed by atoms with E-state index in [9.17, 15) is 18.0 Å². The van der Waals surface area contributed by atoms with Gasteiger partial charge in [-0.3, -0.25) is 19.4 Å². The molecule has 2 fully saturated rings. The average Bonchev–Trinajstić information content (AvgIpc) is 3.23. The third-order valence-corrected chi connectivity index (χ3v) is 5.81. The number of amides is 3. The van der Waals surface area contributed by atoms with Crippen LogP contribution in [0.2, 0.25) is 0 Å². The van der Waals surface area contributed by atoms with Gasteiger partial charge in [0.2, 0.25) is 21.9 Å². The number of guanidine groups is 1. The van der Waals surface area contributed by atoms with Crippen molar-refractivity contribution in [3.8, 4) is 0 Å². The van der Waals surface area contributed by atoms with Gasteiger partial charge >= 0.3 is 6.03 Å². The van der Waals surface area contributed by atoms with Crippen LogP contribution in [-0.4, -0.2) is 69.2 Å². The number of primary amides is 1. The Balaban J connectivity index is 1.61. The zero-order valence-corrected chi connectivity index (χ0v) is 16.8. The van der Waals surface area contributed by atoms with Crippen molar-refractivity contribution < 1.29 is 18.0 Å². The molecule has 10 nitrogen and oxygen atoms in total. The normalized spacial score (nSPS) is 24.5. The Morgan fingerprint density at radius 3 is 2.55 bits per heavy atom. The number of aliphatic imine (C=N–C) groups is 1. The van der Waals surface area contributed by atoms with Crippen LogP contribution in [0.4, 0.5) is 16.2 Å². The second-order valence-corrected chi connectivity index (χ2v) is 9.06. The van der Waals surface area contributed by atoms with Crippen LogP contribution in [0.3, 0.4) is 0 Å². The maximum Gasteiger partial charge on any atom is 0.325 e. The number of urea groups is 1. The maximum atomic E-state index is 12.8. The van der Waals surface area contributed by atoms with Crippen LogP contribution in [0, 0.1) is 6.42 Å². The molecule has 0 spiro atoms. The lowest BCUT2D eigenvalue weighted by molar-refractivity contribution is -0.119. The molecule has 0 aromatic heterocycles. The van der Waals surface area contributed by atoms with E-state index in [2.05, 4.69) is 9.71 Å². The van der Waals surface area contributed by atoms with E-state index in [1.165, 1.54) is 4.90 Å². The summed E-state index contributed by atoms with van der Waals surface area (Å²) < 4.78 is 25.7. The molecule has 0 aliphatic carbocycles. The summed E-state index contributed by atoms with van der Waals surface area (Å²) in [7, 11) is -3.45. The van der Waals surface area contributed by atoms with Crippen molar-refractivity contribution in [2.75, 3.05) is 35.7 Å². The predicted octanol–water partition coefficient (Wildman–Crippen LogP) is -0.126. The molecule has 155 valence electrons. The average molecular weight is 419 g/mol. The number of anilines is 2. The summed E-state index contributed by atoms with van der Waals surface area (Å²) in [6.45, 7) is 1.73. The first kappa shape index (κ1) is 19.5. The quantitative estimate of drug-likeness (QED) is 0.703. The monoisotopic (exact) mass is 419 g/mol. The minimum Gasteiger partial charge on any atom is -0.368 e. The van der Waals surface area contributed by atoms with Gasteiger partial charge in [-0.1, -0.05) is 0 Å². The minimum atomic E-state index is -3.45. The zero-order chi connectivity index (χ0) is 20.8. The molecule has 1 radical (unpaired) electrons. The van der Waals surface area contributed by atoms with Gasteiger partial charge in [0.15, 0.2) is 0 Å². The number of nitrogens with one attached hydrogen (secondary N) is 1. The Labute approximate surface area is 169 Å². The van der Waals surface area contributed by atoms with Gasteiger partial charge in [-0.25, -0.2) is 13.2 Å². The number of fused-ring (bicyclic) bond motifs is 1. The molecule has 1 unspecified atom stereocenters. The SMILES string of the molecule is CS(=O)(=O)NC1=NCCCN1c1ccc(N2C(=O)N3CC[CH][C@@H]3C2C(N)=O)cc1. The van der Waals surface area contributed by atoms with Gasteiger partial charge < -0.3 is 15.5 Å². The van der Waals surface area contributed by atoms with E-state index in [1.54, 1.807) is 34.1 Å². The van der Waals surface area contributed by atoms with Crippen molar-refractivity contribution in [2.45, 2.75) is 24.9 Å². The molecular weight excluding hydrogens is 396 g/mol. The first-order valence-electron chi connectivity index (χ1n) is 9.38. The molecule has 11 heteroatoms. The van der Waals surface area contributed by atoms with Gasteiger partial charge in [0.05, 0.1) is 12.3 Å². The highest BCUT2D eigenvalue weighted by Gasteiger charge is 2.51. The highest BCUT2D eigenvalue weighted by molar-refractivity contribution is 7.89. The number of hydrogen-bond acceptors (Lipinski definition) is 6. The van der Waals surface area contributed by atoms with E-state index in [0.29, 0.717) is 25.3 Å². The zero-order valence-electron chi connectivity index (χ0n) is 16.0. The van der Waals surface area contributed by atoms with Crippen LogP contribution in [-0.2, 0) is 14.8 Å². The fourth-order valence-corrected chi connectivity index (χ4v) is 4.57. The van der Waals surface area contributed by atoms with E-state index >= 15 is 0 Å². The molecule has 0 saturated carbocycles. The molecule has 3 aliphatic heterocycles. The minimum absolute atomic E-state index is 0.237. The van der Waals surface area contributed by atoms with Crippen LogP contribution in [0.15, 0.2) is 29.3 Å². The number of benzene rings is 1. The van der Waals surface area contributed by atoms with E-state index in [0.717, 1.165) is 24.8 Å². The van der Waals surface area contributed by atoms with Crippen molar-refractivity contribution in [2.24, 2.45) is 10.7 Å². The van der Waals surface area contributed by atoms with Gasteiger partial charge in [-0.15, -0.1) is 0 Å². The second-order valence-electron chi connectivity index (χ2n) is 7.31. The lowest BCUT2D eigenvalue weighted by Crippen LogP contribution is -2.47. The Kier molecular flexibility index (Phi) is 4.85. The summed E-state index contributed by atoms with van der Waals surface area (Å²) in [6, 6.07) is 5.74. The van der Waals surface area contributed by atoms with Crippen LogP contribution in [0.5, 0.6) is 0 Å². The van der Waals surface area contributed by atoms with Gasteiger partial charge in [0, 0.05) is 31.0 Å². The van der Waals surface area contributed by atoms with Gasteiger partial charge in [0.1, 0.15) is 6.04 Å². The Morgan fingerprint density at radius 1 is 1.21 bits per heavy atom. The Hall–Kier alpha value is -2.82.